The molecule has 15 heavy (non-hydrogen) atoms. The molecule has 1 saturated heterocycles. The third-order valence-electron chi connectivity index (χ3n) is 2.53. The number of carbonyl (C=O) groups is 2. The van der Waals surface area contributed by atoms with Crippen molar-refractivity contribution in [2.75, 3.05) is 19.7 Å². The highest BCUT2D eigenvalue weighted by molar-refractivity contribution is 5.80. The molecule has 1 fully saturated rings. The van der Waals surface area contributed by atoms with E-state index in [1.54, 1.807) is 4.90 Å². The Hall–Kier alpha value is -1.14. The van der Waals surface area contributed by atoms with Gasteiger partial charge >= 0.3 is 5.97 Å². The Morgan fingerprint density at radius 2 is 2.33 bits per heavy atom. The van der Waals surface area contributed by atoms with Crippen LogP contribution in [0.15, 0.2) is 0 Å². The van der Waals surface area contributed by atoms with E-state index in [2.05, 4.69) is 0 Å². The Labute approximate surface area is 88.0 Å². The number of aliphatic carboxylic acids is 1. The van der Waals surface area contributed by atoms with Gasteiger partial charge in [-0.05, 0) is 6.42 Å². The Morgan fingerprint density at radius 1 is 1.67 bits per heavy atom. The first-order valence-corrected chi connectivity index (χ1v) is 4.94. The molecule has 0 aliphatic carbocycles. The number of carbonyl (C=O) groups excluding carboxylic acids is 1. The zero-order valence-electron chi connectivity index (χ0n) is 8.68. The topological polar surface area (TPSA) is 92.9 Å². The summed E-state index contributed by atoms with van der Waals surface area (Å²) in [5, 5.41) is 8.78. The molecule has 1 rings (SSSR count). The minimum atomic E-state index is -1.00. The number of morpholine rings is 1. The third kappa shape index (κ3) is 2.90. The fourth-order valence-corrected chi connectivity index (χ4v) is 1.74. The lowest BCUT2D eigenvalue weighted by atomic mass is 10.1. The van der Waals surface area contributed by atoms with Gasteiger partial charge in [0.15, 0.2) is 6.10 Å². The van der Waals surface area contributed by atoms with Crippen LogP contribution in [0.2, 0.25) is 0 Å². The van der Waals surface area contributed by atoms with Crippen molar-refractivity contribution >= 4 is 11.9 Å². The summed E-state index contributed by atoms with van der Waals surface area (Å²) in [4.78, 5) is 23.6. The normalized spacial score (nSPS) is 24.7. The van der Waals surface area contributed by atoms with Crippen molar-refractivity contribution in [1.82, 2.24) is 4.90 Å². The molecule has 1 heterocycles. The van der Waals surface area contributed by atoms with Crippen LogP contribution in [0.1, 0.15) is 13.3 Å². The fraction of sp³-hybridized carbons (Fsp3) is 0.778. The van der Waals surface area contributed by atoms with E-state index < -0.39 is 24.0 Å². The molecule has 0 aromatic rings. The van der Waals surface area contributed by atoms with Crippen molar-refractivity contribution in [1.29, 1.82) is 0 Å². The molecule has 1 amide bonds. The highest BCUT2D eigenvalue weighted by atomic mass is 16.5. The smallest absolute Gasteiger partial charge is 0.334 e. The number of nitrogens with zero attached hydrogens (tertiary/aromatic N) is 1. The molecular formula is C9H16N2O4. The first kappa shape index (κ1) is 11.9. The first-order chi connectivity index (χ1) is 7.06. The van der Waals surface area contributed by atoms with Gasteiger partial charge in [0, 0.05) is 13.1 Å². The second-order valence-corrected chi connectivity index (χ2v) is 3.52. The van der Waals surface area contributed by atoms with E-state index in [0.29, 0.717) is 19.6 Å². The van der Waals surface area contributed by atoms with Gasteiger partial charge in [-0.15, -0.1) is 0 Å². The number of carboxylic acids is 1. The number of amides is 1. The van der Waals surface area contributed by atoms with Crippen LogP contribution in [0.3, 0.4) is 0 Å². The number of ether oxygens (including phenoxy) is 1. The minimum Gasteiger partial charge on any atom is -0.479 e. The number of primary amides is 1. The predicted molar refractivity (Wildman–Crippen MR) is 52.2 cm³/mol. The summed E-state index contributed by atoms with van der Waals surface area (Å²) in [7, 11) is 0. The van der Waals surface area contributed by atoms with Crippen LogP contribution in [0.5, 0.6) is 0 Å². The molecule has 1 aliphatic rings. The highest BCUT2D eigenvalue weighted by Crippen LogP contribution is 2.11. The molecule has 6 nitrogen and oxygen atoms in total. The van der Waals surface area contributed by atoms with Crippen LogP contribution in [0.25, 0.3) is 0 Å². The van der Waals surface area contributed by atoms with E-state index in [1.165, 1.54) is 0 Å². The Bertz CT molecular complexity index is 256. The molecule has 0 bridgehead atoms. The van der Waals surface area contributed by atoms with Crippen LogP contribution < -0.4 is 5.73 Å². The number of nitrogens with two attached hydrogens (primary N) is 1. The van der Waals surface area contributed by atoms with Crippen molar-refractivity contribution < 1.29 is 19.4 Å². The van der Waals surface area contributed by atoms with Crippen LogP contribution in [0, 0.1) is 0 Å². The molecule has 6 heteroatoms. The summed E-state index contributed by atoms with van der Waals surface area (Å²) in [5.41, 5.74) is 5.23. The number of carboxylic acid groups (broad SMARTS) is 1. The summed E-state index contributed by atoms with van der Waals surface area (Å²) >= 11 is 0. The third-order valence-corrected chi connectivity index (χ3v) is 2.53. The lowest BCUT2D eigenvalue weighted by Gasteiger charge is -2.34. The molecule has 0 aromatic heterocycles. The summed E-state index contributed by atoms with van der Waals surface area (Å²) in [6.07, 6.45) is -0.269. The van der Waals surface area contributed by atoms with Gasteiger partial charge in [0.1, 0.15) is 0 Å². The monoisotopic (exact) mass is 216 g/mol. The highest BCUT2D eigenvalue weighted by Gasteiger charge is 2.31. The number of hydrogen-bond donors (Lipinski definition) is 2. The molecule has 1 aliphatic heterocycles. The van der Waals surface area contributed by atoms with Gasteiger partial charge in [-0.1, -0.05) is 6.92 Å². The van der Waals surface area contributed by atoms with Gasteiger partial charge in [-0.3, -0.25) is 9.69 Å². The van der Waals surface area contributed by atoms with Gasteiger partial charge in [0.2, 0.25) is 5.91 Å². The fourth-order valence-electron chi connectivity index (χ4n) is 1.74. The molecule has 0 radical (unpaired) electrons. The van der Waals surface area contributed by atoms with Crippen LogP contribution in [-0.2, 0) is 14.3 Å². The van der Waals surface area contributed by atoms with E-state index >= 15 is 0 Å². The average Bonchev–Trinajstić information content (AvgIpc) is 2.18. The number of hydrogen-bond acceptors (Lipinski definition) is 4. The SMILES string of the molecule is CCC(C(N)=O)N1CCOC(C(=O)O)C1. The molecule has 86 valence electrons. The van der Waals surface area contributed by atoms with Crippen LogP contribution in [-0.4, -0.2) is 53.7 Å². The Balaban J connectivity index is 2.62. The largest absolute Gasteiger partial charge is 0.479 e. The second kappa shape index (κ2) is 5.09. The molecule has 2 atom stereocenters. The maximum atomic E-state index is 11.1. The van der Waals surface area contributed by atoms with E-state index in [4.69, 9.17) is 15.6 Å². The van der Waals surface area contributed by atoms with Crippen LogP contribution in [0.4, 0.5) is 0 Å². The summed E-state index contributed by atoms with van der Waals surface area (Å²) in [6.45, 7) is 2.93. The molecule has 0 aromatic carbocycles. The molecule has 0 saturated carbocycles. The zero-order valence-corrected chi connectivity index (χ0v) is 8.68. The Morgan fingerprint density at radius 3 is 2.80 bits per heavy atom. The van der Waals surface area contributed by atoms with Crippen molar-refractivity contribution in [3.63, 3.8) is 0 Å². The lowest BCUT2D eigenvalue weighted by Crippen LogP contribution is -2.53. The summed E-state index contributed by atoms with van der Waals surface area (Å²) < 4.78 is 5.05. The van der Waals surface area contributed by atoms with E-state index in [-0.39, 0.29) is 6.54 Å². The minimum absolute atomic E-state index is 0.219. The van der Waals surface area contributed by atoms with E-state index in [1.807, 2.05) is 6.92 Å². The van der Waals surface area contributed by atoms with Gasteiger partial charge in [-0.25, -0.2) is 4.79 Å². The van der Waals surface area contributed by atoms with Crippen molar-refractivity contribution in [2.24, 2.45) is 5.73 Å². The predicted octanol–water partition coefficient (Wildman–Crippen LogP) is -0.964. The zero-order chi connectivity index (χ0) is 11.4. The van der Waals surface area contributed by atoms with Crippen molar-refractivity contribution in [3.05, 3.63) is 0 Å². The van der Waals surface area contributed by atoms with Gasteiger partial charge < -0.3 is 15.6 Å². The molecule has 3 N–H and O–H groups in total. The van der Waals surface area contributed by atoms with Gasteiger partial charge in [0.25, 0.3) is 0 Å². The summed E-state index contributed by atoms with van der Waals surface area (Å²) in [5.74, 6) is -1.41. The molecule has 0 spiro atoms. The van der Waals surface area contributed by atoms with Crippen LogP contribution >= 0.6 is 0 Å². The van der Waals surface area contributed by atoms with Crippen molar-refractivity contribution in [3.8, 4) is 0 Å². The second-order valence-electron chi connectivity index (χ2n) is 3.52. The average molecular weight is 216 g/mol. The number of rotatable bonds is 4. The Kier molecular flexibility index (Phi) is 4.05. The lowest BCUT2D eigenvalue weighted by molar-refractivity contribution is -0.158. The van der Waals surface area contributed by atoms with E-state index in [9.17, 15) is 9.59 Å². The summed E-state index contributed by atoms with van der Waals surface area (Å²) in [6, 6.07) is -0.393. The van der Waals surface area contributed by atoms with Crippen molar-refractivity contribution in [2.45, 2.75) is 25.5 Å². The maximum Gasteiger partial charge on any atom is 0.334 e. The van der Waals surface area contributed by atoms with Gasteiger partial charge in [-0.2, -0.15) is 0 Å². The maximum absolute atomic E-state index is 11.1. The standard InChI is InChI=1S/C9H16N2O4/c1-2-6(8(10)12)11-3-4-15-7(5-11)9(13)14/h6-7H,2-5H2,1H3,(H2,10,12)(H,13,14). The molecular weight excluding hydrogens is 200 g/mol. The quantitative estimate of drug-likeness (QED) is 0.631. The van der Waals surface area contributed by atoms with E-state index in [0.717, 1.165) is 0 Å². The van der Waals surface area contributed by atoms with Gasteiger partial charge in [0.05, 0.1) is 12.6 Å². The first-order valence-electron chi connectivity index (χ1n) is 4.94. The molecule has 2 unspecified atom stereocenters.